The summed E-state index contributed by atoms with van der Waals surface area (Å²) in [5.74, 6) is 1.88. The quantitative estimate of drug-likeness (QED) is 0.750. The third kappa shape index (κ3) is 3.91. The van der Waals surface area contributed by atoms with E-state index in [0.29, 0.717) is 18.2 Å². The number of amides is 1. The Morgan fingerprint density at radius 2 is 2.07 bits per heavy atom. The van der Waals surface area contributed by atoms with Gasteiger partial charge in [-0.25, -0.2) is 24.6 Å². The van der Waals surface area contributed by atoms with Crippen molar-refractivity contribution < 1.29 is 4.79 Å². The molecule has 9 heteroatoms. The Bertz CT molecular complexity index is 909. The second kappa shape index (κ2) is 7.48. The maximum absolute atomic E-state index is 12.7. The largest absolute Gasteiger partial charge is 0.356 e. The molecule has 0 aromatic carbocycles. The van der Waals surface area contributed by atoms with Crippen LogP contribution in [-0.4, -0.2) is 48.7 Å². The molecule has 1 fully saturated rings. The van der Waals surface area contributed by atoms with Crippen LogP contribution < -0.4 is 10.2 Å². The van der Waals surface area contributed by atoms with Gasteiger partial charge in [-0.1, -0.05) is 6.07 Å². The summed E-state index contributed by atoms with van der Waals surface area (Å²) >= 11 is 0. The number of hydrogen-bond donors (Lipinski definition) is 1. The monoisotopic (exact) mass is 364 g/mol. The summed E-state index contributed by atoms with van der Waals surface area (Å²) < 4.78 is 1.59. The minimum atomic E-state index is -0.119. The van der Waals surface area contributed by atoms with Gasteiger partial charge in [0, 0.05) is 25.4 Å². The Morgan fingerprint density at radius 3 is 2.85 bits per heavy atom. The van der Waals surface area contributed by atoms with Crippen molar-refractivity contribution in [3.8, 4) is 5.82 Å². The first kappa shape index (κ1) is 17.1. The number of nitrogens with one attached hydrogen (secondary N) is 1. The third-order valence-corrected chi connectivity index (χ3v) is 4.57. The molecule has 1 atom stereocenters. The molecule has 1 saturated heterocycles. The Kier molecular flexibility index (Phi) is 4.73. The Hall–Kier alpha value is -3.36. The van der Waals surface area contributed by atoms with Gasteiger partial charge in [0.05, 0.1) is 5.92 Å². The molecular formula is C18H20N8O. The van der Waals surface area contributed by atoms with Crippen molar-refractivity contribution in [3.05, 3.63) is 48.9 Å². The molecule has 3 aromatic heterocycles. The van der Waals surface area contributed by atoms with Gasteiger partial charge < -0.3 is 10.2 Å². The molecule has 1 unspecified atom stereocenters. The number of aromatic nitrogens is 6. The number of pyridine rings is 1. The number of carbonyl (C=O) groups is 1. The summed E-state index contributed by atoms with van der Waals surface area (Å²) in [6, 6.07) is 5.61. The highest BCUT2D eigenvalue weighted by Crippen LogP contribution is 2.23. The molecule has 1 aliphatic rings. The predicted octanol–water partition coefficient (Wildman–Crippen LogP) is 1.62. The van der Waals surface area contributed by atoms with Gasteiger partial charge in [-0.15, -0.1) is 0 Å². The topological polar surface area (TPSA) is 102 Å². The molecule has 138 valence electrons. The molecule has 1 N–H and O–H groups in total. The first-order valence-corrected chi connectivity index (χ1v) is 8.84. The van der Waals surface area contributed by atoms with E-state index in [4.69, 9.17) is 0 Å². The molecule has 0 radical (unpaired) electrons. The molecule has 0 spiro atoms. The summed E-state index contributed by atoms with van der Waals surface area (Å²) in [5.41, 5.74) is 1.06. The van der Waals surface area contributed by atoms with Crippen LogP contribution in [0.1, 0.15) is 18.4 Å². The van der Waals surface area contributed by atoms with E-state index in [0.717, 1.165) is 30.8 Å². The zero-order chi connectivity index (χ0) is 18.6. The van der Waals surface area contributed by atoms with Gasteiger partial charge in [0.15, 0.2) is 5.82 Å². The third-order valence-electron chi connectivity index (χ3n) is 4.57. The van der Waals surface area contributed by atoms with Crippen molar-refractivity contribution >= 4 is 17.5 Å². The average Bonchev–Trinajstić information content (AvgIpc) is 3.25. The first-order chi connectivity index (χ1) is 13.2. The van der Waals surface area contributed by atoms with Crippen molar-refractivity contribution in [1.82, 2.24) is 29.7 Å². The SMILES string of the molecule is Cc1ccc(NC(=O)C2CCCN(c3cc(-n4cncn4)ncn3)C2)nc1. The van der Waals surface area contributed by atoms with Crippen molar-refractivity contribution in [1.29, 1.82) is 0 Å². The standard InChI is InChI=1S/C18H20N8O/c1-13-4-5-15(20-8-13)24-18(27)14-3-2-6-25(9-14)16-7-17(22-11-21-16)26-12-19-10-23-26/h4-5,7-8,10-12,14H,2-3,6,9H2,1H3,(H,20,24,27). The lowest BCUT2D eigenvalue weighted by molar-refractivity contribution is -0.120. The molecule has 4 heterocycles. The summed E-state index contributed by atoms with van der Waals surface area (Å²) in [6.45, 7) is 3.42. The number of aryl methyl sites for hydroxylation is 1. The first-order valence-electron chi connectivity index (χ1n) is 8.84. The zero-order valence-corrected chi connectivity index (χ0v) is 15.0. The lowest BCUT2D eigenvalue weighted by Crippen LogP contribution is -2.41. The van der Waals surface area contributed by atoms with Gasteiger partial charge in [-0.2, -0.15) is 5.10 Å². The molecule has 1 amide bonds. The lowest BCUT2D eigenvalue weighted by atomic mass is 9.97. The number of rotatable bonds is 4. The Balaban J connectivity index is 1.45. The summed E-state index contributed by atoms with van der Waals surface area (Å²) in [5, 5.41) is 7.01. The number of nitrogens with zero attached hydrogens (tertiary/aromatic N) is 7. The number of piperidine rings is 1. The second-order valence-electron chi connectivity index (χ2n) is 6.57. The van der Waals surface area contributed by atoms with Gasteiger partial charge in [0.2, 0.25) is 5.91 Å². The van der Waals surface area contributed by atoms with Gasteiger partial charge in [-0.05, 0) is 31.4 Å². The van der Waals surface area contributed by atoms with Gasteiger partial charge in [0.1, 0.15) is 30.6 Å². The van der Waals surface area contributed by atoms with E-state index in [1.165, 1.54) is 12.7 Å². The van der Waals surface area contributed by atoms with Crippen LogP contribution in [0.25, 0.3) is 5.82 Å². The fraction of sp³-hybridized carbons (Fsp3) is 0.333. The number of carbonyl (C=O) groups excluding carboxylic acids is 1. The van der Waals surface area contributed by atoms with E-state index in [1.54, 1.807) is 17.2 Å². The molecule has 0 saturated carbocycles. The number of hydrogen-bond acceptors (Lipinski definition) is 7. The van der Waals surface area contributed by atoms with E-state index < -0.39 is 0 Å². The van der Waals surface area contributed by atoms with Crippen LogP contribution in [0.3, 0.4) is 0 Å². The second-order valence-corrected chi connectivity index (χ2v) is 6.57. The molecule has 3 aromatic rings. The minimum Gasteiger partial charge on any atom is -0.356 e. The highest BCUT2D eigenvalue weighted by Gasteiger charge is 2.27. The Labute approximate surface area is 156 Å². The molecule has 9 nitrogen and oxygen atoms in total. The lowest BCUT2D eigenvalue weighted by Gasteiger charge is -2.32. The van der Waals surface area contributed by atoms with Crippen LogP contribution in [0, 0.1) is 12.8 Å². The van der Waals surface area contributed by atoms with Crippen molar-refractivity contribution in [2.45, 2.75) is 19.8 Å². The number of anilines is 2. The maximum atomic E-state index is 12.7. The summed E-state index contributed by atoms with van der Waals surface area (Å²) in [4.78, 5) is 31.5. The molecule has 1 aliphatic heterocycles. The highest BCUT2D eigenvalue weighted by molar-refractivity contribution is 5.92. The van der Waals surface area contributed by atoms with E-state index in [9.17, 15) is 4.79 Å². The van der Waals surface area contributed by atoms with E-state index >= 15 is 0 Å². The predicted molar refractivity (Wildman–Crippen MR) is 99.5 cm³/mol. The Morgan fingerprint density at radius 1 is 1.19 bits per heavy atom. The van der Waals surface area contributed by atoms with Gasteiger partial charge in [-0.3, -0.25) is 4.79 Å². The van der Waals surface area contributed by atoms with E-state index in [-0.39, 0.29) is 11.8 Å². The smallest absolute Gasteiger partial charge is 0.230 e. The van der Waals surface area contributed by atoms with E-state index in [1.807, 2.05) is 25.1 Å². The maximum Gasteiger partial charge on any atom is 0.230 e. The van der Waals surface area contributed by atoms with Crippen molar-refractivity contribution in [2.75, 3.05) is 23.3 Å². The van der Waals surface area contributed by atoms with Crippen LogP contribution in [0.15, 0.2) is 43.4 Å². The molecule has 4 rings (SSSR count). The molecule has 27 heavy (non-hydrogen) atoms. The fourth-order valence-electron chi connectivity index (χ4n) is 3.13. The molecule has 0 aliphatic carbocycles. The highest BCUT2D eigenvalue weighted by atomic mass is 16.2. The average molecular weight is 364 g/mol. The van der Waals surface area contributed by atoms with Crippen molar-refractivity contribution in [2.24, 2.45) is 5.92 Å². The van der Waals surface area contributed by atoms with Crippen LogP contribution in [0.5, 0.6) is 0 Å². The fourth-order valence-corrected chi connectivity index (χ4v) is 3.13. The van der Waals surface area contributed by atoms with E-state index in [2.05, 4.69) is 35.3 Å². The molecular weight excluding hydrogens is 344 g/mol. The summed E-state index contributed by atoms with van der Waals surface area (Å²) in [6.07, 6.45) is 8.06. The zero-order valence-electron chi connectivity index (χ0n) is 15.0. The normalized spacial score (nSPS) is 16.9. The van der Waals surface area contributed by atoms with Gasteiger partial charge in [0.25, 0.3) is 0 Å². The summed E-state index contributed by atoms with van der Waals surface area (Å²) in [7, 11) is 0. The van der Waals surface area contributed by atoms with Crippen LogP contribution >= 0.6 is 0 Å². The van der Waals surface area contributed by atoms with Crippen LogP contribution in [0.2, 0.25) is 0 Å². The molecule has 0 bridgehead atoms. The van der Waals surface area contributed by atoms with Crippen molar-refractivity contribution in [3.63, 3.8) is 0 Å². The van der Waals surface area contributed by atoms with Gasteiger partial charge >= 0.3 is 0 Å². The van der Waals surface area contributed by atoms with Crippen LogP contribution in [0.4, 0.5) is 11.6 Å². The van der Waals surface area contributed by atoms with Crippen LogP contribution in [-0.2, 0) is 4.79 Å². The minimum absolute atomic E-state index is 0.0124.